The standard InChI is InChI=1S/C22H31N5O/c1-17(2)10-11-23-21-9-4-18(16-24-21)22(28)25-19-5-7-20(8-6-19)27-14-12-26(3)13-15-27/h4-9,16-17H,10-15H2,1-3H3,(H,23,24)(H,25,28). The third kappa shape index (κ3) is 5.70. The minimum Gasteiger partial charge on any atom is -0.370 e. The van der Waals surface area contributed by atoms with Crippen molar-refractivity contribution in [2.45, 2.75) is 20.3 Å². The molecular weight excluding hydrogens is 350 g/mol. The first kappa shape index (κ1) is 20.1. The van der Waals surface area contributed by atoms with Crippen LogP contribution in [0.4, 0.5) is 17.2 Å². The first-order chi connectivity index (χ1) is 13.5. The van der Waals surface area contributed by atoms with Gasteiger partial charge in [-0.3, -0.25) is 4.79 Å². The van der Waals surface area contributed by atoms with Gasteiger partial charge in [-0.05, 0) is 55.8 Å². The Morgan fingerprint density at radius 3 is 2.39 bits per heavy atom. The molecular formula is C22H31N5O. The van der Waals surface area contributed by atoms with Crippen molar-refractivity contribution in [3.8, 4) is 0 Å². The molecule has 0 bridgehead atoms. The van der Waals surface area contributed by atoms with Gasteiger partial charge in [0.05, 0.1) is 5.56 Å². The van der Waals surface area contributed by atoms with Crippen LogP contribution in [0.2, 0.25) is 0 Å². The number of hydrogen-bond donors (Lipinski definition) is 2. The molecule has 0 aliphatic carbocycles. The van der Waals surface area contributed by atoms with Gasteiger partial charge < -0.3 is 20.4 Å². The first-order valence-corrected chi connectivity index (χ1v) is 10.1. The summed E-state index contributed by atoms with van der Waals surface area (Å²) >= 11 is 0. The van der Waals surface area contributed by atoms with Crippen LogP contribution in [0.5, 0.6) is 0 Å². The Balaban J connectivity index is 1.52. The van der Waals surface area contributed by atoms with Crippen molar-refractivity contribution in [1.29, 1.82) is 0 Å². The lowest BCUT2D eigenvalue weighted by Crippen LogP contribution is -2.44. The van der Waals surface area contributed by atoms with Crippen LogP contribution >= 0.6 is 0 Å². The zero-order chi connectivity index (χ0) is 19.9. The predicted octanol–water partition coefficient (Wildman–Crippen LogP) is 3.54. The second kappa shape index (κ2) is 9.55. The van der Waals surface area contributed by atoms with Gasteiger partial charge in [0.25, 0.3) is 5.91 Å². The number of rotatable bonds is 7. The van der Waals surface area contributed by atoms with Crippen LogP contribution in [0.25, 0.3) is 0 Å². The van der Waals surface area contributed by atoms with Crippen molar-refractivity contribution in [2.75, 3.05) is 55.3 Å². The van der Waals surface area contributed by atoms with Crippen LogP contribution in [0, 0.1) is 5.92 Å². The maximum absolute atomic E-state index is 12.5. The molecule has 1 aliphatic heterocycles. The Bertz CT molecular complexity index is 750. The number of likely N-dealkylation sites (N-methyl/N-ethyl adjacent to an activating group) is 1. The SMILES string of the molecule is CC(C)CCNc1ccc(C(=O)Nc2ccc(N3CCN(C)CC3)cc2)cn1. The molecule has 1 aromatic carbocycles. The zero-order valence-electron chi connectivity index (χ0n) is 17.1. The normalized spacial score (nSPS) is 14.9. The first-order valence-electron chi connectivity index (χ1n) is 10.1. The summed E-state index contributed by atoms with van der Waals surface area (Å²) in [6.45, 7) is 9.49. The lowest BCUT2D eigenvalue weighted by atomic mass is 10.1. The minimum atomic E-state index is -0.145. The molecule has 2 aromatic rings. The van der Waals surface area contributed by atoms with E-state index in [0.717, 1.165) is 50.6 Å². The number of hydrogen-bond acceptors (Lipinski definition) is 5. The van der Waals surface area contributed by atoms with Crippen LogP contribution in [0.3, 0.4) is 0 Å². The van der Waals surface area contributed by atoms with Crippen LogP contribution in [-0.2, 0) is 0 Å². The van der Waals surface area contributed by atoms with E-state index < -0.39 is 0 Å². The fraction of sp³-hybridized carbons (Fsp3) is 0.455. The maximum Gasteiger partial charge on any atom is 0.257 e. The molecule has 2 N–H and O–H groups in total. The number of nitrogens with zero attached hydrogens (tertiary/aromatic N) is 3. The lowest BCUT2D eigenvalue weighted by molar-refractivity contribution is 0.102. The van der Waals surface area contributed by atoms with Crippen molar-refractivity contribution in [3.63, 3.8) is 0 Å². The highest BCUT2D eigenvalue weighted by atomic mass is 16.1. The second-order valence-corrected chi connectivity index (χ2v) is 7.83. The maximum atomic E-state index is 12.5. The molecule has 3 rings (SSSR count). The van der Waals surface area contributed by atoms with Gasteiger partial charge in [0, 0.05) is 50.3 Å². The van der Waals surface area contributed by atoms with Gasteiger partial charge in [0.15, 0.2) is 0 Å². The quantitative estimate of drug-likeness (QED) is 0.768. The molecule has 150 valence electrons. The molecule has 0 atom stereocenters. The largest absolute Gasteiger partial charge is 0.370 e. The average Bonchev–Trinajstić information content (AvgIpc) is 2.69. The average molecular weight is 382 g/mol. The number of carbonyl (C=O) groups excluding carboxylic acids is 1. The van der Waals surface area contributed by atoms with Crippen molar-refractivity contribution in [2.24, 2.45) is 5.92 Å². The van der Waals surface area contributed by atoms with E-state index in [1.165, 1.54) is 5.69 Å². The van der Waals surface area contributed by atoms with Gasteiger partial charge in [0.2, 0.25) is 0 Å². The highest BCUT2D eigenvalue weighted by Crippen LogP contribution is 2.20. The molecule has 1 saturated heterocycles. The third-order valence-corrected chi connectivity index (χ3v) is 5.05. The number of amides is 1. The van der Waals surface area contributed by atoms with Crippen LogP contribution in [0.15, 0.2) is 42.6 Å². The summed E-state index contributed by atoms with van der Waals surface area (Å²) in [5.74, 6) is 1.31. The second-order valence-electron chi connectivity index (χ2n) is 7.83. The molecule has 28 heavy (non-hydrogen) atoms. The van der Waals surface area contributed by atoms with Crippen LogP contribution in [-0.4, -0.2) is 55.6 Å². The molecule has 1 aliphatic rings. The van der Waals surface area contributed by atoms with Gasteiger partial charge in [-0.2, -0.15) is 0 Å². The van der Waals surface area contributed by atoms with Gasteiger partial charge in [-0.1, -0.05) is 13.8 Å². The van der Waals surface area contributed by atoms with Crippen LogP contribution < -0.4 is 15.5 Å². The number of carbonyl (C=O) groups is 1. The van der Waals surface area contributed by atoms with E-state index in [9.17, 15) is 4.79 Å². The molecule has 6 nitrogen and oxygen atoms in total. The van der Waals surface area contributed by atoms with Gasteiger partial charge in [-0.15, -0.1) is 0 Å². The number of aromatic nitrogens is 1. The van der Waals surface area contributed by atoms with Crippen LogP contribution in [0.1, 0.15) is 30.6 Å². The number of anilines is 3. The van der Waals surface area contributed by atoms with Gasteiger partial charge >= 0.3 is 0 Å². The minimum absolute atomic E-state index is 0.145. The smallest absolute Gasteiger partial charge is 0.257 e. The topological polar surface area (TPSA) is 60.5 Å². The van der Waals surface area contributed by atoms with E-state index in [1.54, 1.807) is 12.3 Å². The monoisotopic (exact) mass is 381 g/mol. The van der Waals surface area contributed by atoms with E-state index >= 15 is 0 Å². The van der Waals surface area contributed by atoms with Crippen molar-refractivity contribution in [3.05, 3.63) is 48.2 Å². The summed E-state index contributed by atoms with van der Waals surface area (Å²) in [6.07, 6.45) is 2.71. The van der Waals surface area contributed by atoms with Crippen molar-refractivity contribution >= 4 is 23.1 Å². The summed E-state index contributed by atoms with van der Waals surface area (Å²) < 4.78 is 0. The molecule has 1 aromatic heterocycles. The molecule has 1 amide bonds. The molecule has 6 heteroatoms. The van der Waals surface area contributed by atoms with E-state index in [4.69, 9.17) is 0 Å². The van der Waals surface area contributed by atoms with E-state index in [2.05, 4.69) is 58.4 Å². The number of benzene rings is 1. The van der Waals surface area contributed by atoms with Crippen molar-refractivity contribution < 1.29 is 4.79 Å². The fourth-order valence-electron chi connectivity index (χ4n) is 3.15. The predicted molar refractivity (Wildman–Crippen MR) is 116 cm³/mol. The lowest BCUT2D eigenvalue weighted by Gasteiger charge is -2.34. The van der Waals surface area contributed by atoms with E-state index in [1.807, 2.05) is 18.2 Å². The van der Waals surface area contributed by atoms with Crippen molar-refractivity contribution in [1.82, 2.24) is 9.88 Å². The summed E-state index contributed by atoms with van der Waals surface area (Å²) in [5.41, 5.74) is 2.55. The summed E-state index contributed by atoms with van der Waals surface area (Å²) in [5, 5.41) is 6.23. The summed E-state index contributed by atoms with van der Waals surface area (Å²) in [6, 6.07) is 11.7. The number of piperazine rings is 1. The molecule has 0 spiro atoms. The number of pyridine rings is 1. The van der Waals surface area contributed by atoms with E-state index in [0.29, 0.717) is 11.5 Å². The molecule has 0 radical (unpaired) electrons. The molecule has 2 heterocycles. The zero-order valence-corrected chi connectivity index (χ0v) is 17.1. The highest BCUT2D eigenvalue weighted by molar-refractivity contribution is 6.04. The fourth-order valence-corrected chi connectivity index (χ4v) is 3.15. The van der Waals surface area contributed by atoms with E-state index in [-0.39, 0.29) is 5.91 Å². The van der Waals surface area contributed by atoms with Gasteiger partial charge in [0.1, 0.15) is 5.82 Å². The number of nitrogens with one attached hydrogen (secondary N) is 2. The molecule has 0 saturated carbocycles. The Hall–Kier alpha value is -2.60. The highest BCUT2D eigenvalue weighted by Gasteiger charge is 2.14. The summed E-state index contributed by atoms with van der Waals surface area (Å²) in [4.78, 5) is 21.5. The Morgan fingerprint density at radius 2 is 1.79 bits per heavy atom. The molecule has 0 unspecified atom stereocenters. The van der Waals surface area contributed by atoms with Gasteiger partial charge in [-0.25, -0.2) is 4.98 Å². The Morgan fingerprint density at radius 1 is 1.07 bits per heavy atom. The Labute approximate surface area is 167 Å². The molecule has 1 fully saturated rings. The summed E-state index contributed by atoms with van der Waals surface area (Å²) in [7, 11) is 2.15. The third-order valence-electron chi connectivity index (χ3n) is 5.05. The Kier molecular flexibility index (Phi) is 6.87.